The minimum Gasteiger partial charge on any atom is -0.463 e. The van der Waals surface area contributed by atoms with E-state index in [1.807, 2.05) is 6.92 Å². The van der Waals surface area contributed by atoms with Crippen LogP contribution in [0.3, 0.4) is 0 Å². The molecule has 0 heterocycles. The molecule has 0 radical (unpaired) electrons. The van der Waals surface area contributed by atoms with Crippen LogP contribution in [0.2, 0.25) is 0 Å². The van der Waals surface area contributed by atoms with Gasteiger partial charge in [0.2, 0.25) is 0 Å². The highest BCUT2D eigenvalue weighted by atomic mass is 16.5. The van der Waals surface area contributed by atoms with Gasteiger partial charge in [-0.25, -0.2) is 0 Å². The predicted octanol–water partition coefficient (Wildman–Crippen LogP) is 5.75. The van der Waals surface area contributed by atoms with E-state index in [2.05, 4.69) is 6.92 Å². The second-order valence-electron chi connectivity index (χ2n) is 6.87. The van der Waals surface area contributed by atoms with Crippen LogP contribution >= 0.6 is 0 Å². The van der Waals surface area contributed by atoms with Gasteiger partial charge in [0.25, 0.3) is 0 Å². The van der Waals surface area contributed by atoms with Gasteiger partial charge in [0, 0.05) is 6.42 Å². The van der Waals surface area contributed by atoms with E-state index in [1.54, 1.807) is 0 Å². The zero-order valence-corrected chi connectivity index (χ0v) is 15.8. The Morgan fingerprint density at radius 3 is 1.96 bits per heavy atom. The first kappa shape index (κ1) is 22.4. The van der Waals surface area contributed by atoms with Gasteiger partial charge >= 0.3 is 5.97 Å². The Morgan fingerprint density at radius 1 is 0.826 bits per heavy atom. The Bertz CT molecular complexity index is 256. The van der Waals surface area contributed by atoms with E-state index in [-0.39, 0.29) is 12.1 Å². The van der Waals surface area contributed by atoms with E-state index < -0.39 is 0 Å². The molecule has 0 aliphatic rings. The molecule has 0 aromatic heterocycles. The lowest BCUT2D eigenvalue weighted by molar-refractivity contribution is -0.148. The quantitative estimate of drug-likeness (QED) is 0.273. The second kappa shape index (κ2) is 17.8. The zero-order chi connectivity index (χ0) is 17.2. The number of esters is 1. The fraction of sp³-hybridized carbons (Fsp3) is 0.950. The fourth-order valence-electron chi connectivity index (χ4n) is 2.85. The summed E-state index contributed by atoms with van der Waals surface area (Å²) in [7, 11) is 0. The van der Waals surface area contributed by atoms with E-state index in [0.29, 0.717) is 6.42 Å². The van der Waals surface area contributed by atoms with Crippen molar-refractivity contribution >= 4 is 5.97 Å². The summed E-state index contributed by atoms with van der Waals surface area (Å²) in [5, 5.41) is 0. The van der Waals surface area contributed by atoms with E-state index in [0.717, 1.165) is 32.2 Å². The van der Waals surface area contributed by atoms with Gasteiger partial charge in [0.1, 0.15) is 0 Å². The molecule has 0 spiro atoms. The minimum atomic E-state index is -0.0177. The molecule has 0 rings (SSSR count). The first-order valence-electron chi connectivity index (χ1n) is 10.1. The predicted molar refractivity (Wildman–Crippen MR) is 99.5 cm³/mol. The van der Waals surface area contributed by atoms with E-state index in [4.69, 9.17) is 10.5 Å². The van der Waals surface area contributed by atoms with Crippen LogP contribution < -0.4 is 5.73 Å². The minimum absolute atomic E-state index is 0.0177. The van der Waals surface area contributed by atoms with Crippen LogP contribution in [0.1, 0.15) is 110 Å². The maximum atomic E-state index is 11.7. The normalized spacial score (nSPS) is 12.3. The van der Waals surface area contributed by atoms with Crippen LogP contribution in [-0.2, 0) is 9.53 Å². The lowest BCUT2D eigenvalue weighted by atomic mass is 10.1. The molecule has 0 amide bonds. The lowest BCUT2D eigenvalue weighted by Crippen LogP contribution is -2.14. The molecule has 0 saturated carbocycles. The van der Waals surface area contributed by atoms with Crippen molar-refractivity contribution < 1.29 is 9.53 Å². The summed E-state index contributed by atoms with van der Waals surface area (Å²) < 4.78 is 5.48. The lowest BCUT2D eigenvalue weighted by Gasteiger charge is -2.13. The van der Waals surface area contributed by atoms with Crippen LogP contribution in [-0.4, -0.2) is 18.6 Å². The molecule has 0 fully saturated rings. The highest BCUT2D eigenvalue weighted by Crippen LogP contribution is 2.13. The number of carbonyl (C=O) groups excluding carboxylic acids is 1. The van der Waals surface area contributed by atoms with Crippen molar-refractivity contribution in [3.8, 4) is 0 Å². The van der Waals surface area contributed by atoms with Crippen molar-refractivity contribution in [1.29, 1.82) is 0 Å². The summed E-state index contributed by atoms with van der Waals surface area (Å²) in [6.45, 7) is 5.06. The molecule has 0 aromatic carbocycles. The molecule has 138 valence electrons. The Hall–Kier alpha value is -0.570. The summed E-state index contributed by atoms with van der Waals surface area (Å²) in [5.74, 6) is -0.0177. The highest BCUT2D eigenvalue weighted by Gasteiger charge is 2.08. The number of hydrogen-bond acceptors (Lipinski definition) is 3. The highest BCUT2D eigenvalue weighted by molar-refractivity contribution is 5.69. The number of rotatable bonds is 17. The monoisotopic (exact) mass is 327 g/mol. The maximum absolute atomic E-state index is 11.7. The molecule has 0 bridgehead atoms. The molecular formula is C20H41NO2. The van der Waals surface area contributed by atoms with Crippen molar-refractivity contribution in [3.05, 3.63) is 0 Å². The summed E-state index contributed by atoms with van der Waals surface area (Å²) in [5.41, 5.74) is 5.46. The van der Waals surface area contributed by atoms with Crippen molar-refractivity contribution in [3.63, 3.8) is 0 Å². The number of unbranched alkanes of at least 4 members (excludes halogenated alkanes) is 11. The average Bonchev–Trinajstić information content (AvgIpc) is 2.53. The third-order valence-corrected chi connectivity index (χ3v) is 4.38. The Kier molecular flexibility index (Phi) is 17.3. The number of carbonyl (C=O) groups is 1. The van der Waals surface area contributed by atoms with Gasteiger partial charge in [-0.3, -0.25) is 4.79 Å². The van der Waals surface area contributed by atoms with Gasteiger partial charge in [0.05, 0.1) is 6.10 Å². The van der Waals surface area contributed by atoms with Gasteiger partial charge in [-0.05, 0) is 39.2 Å². The van der Waals surface area contributed by atoms with Gasteiger partial charge in [-0.2, -0.15) is 0 Å². The Balaban J connectivity index is 3.33. The summed E-state index contributed by atoms with van der Waals surface area (Å²) in [6, 6.07) is 0. The largest absolute Gasteiger partial charge is 0.463 e. The van der Waals surface area contributed by atoms with Crippen molar-refractivity contribution in [1.82, 2.24) is 0 Å². The number of ether oxygens (including phenoxy) is 1. The van der Waals surface area contributed by atoms with Crippen molar-refractivity contribution in [2.45, 2.75) is 116 Å². The van der Waals surface area contributed by atoms with Crippen LogP contribution in [0.15, 0.2) is 0 Å². The van der Waals surface area contributed by atoms with Gasteiger partial charge in [0.15, 0.2) is 0 Å². The van der Waals surface area contributed by atoms with Crippen LogP contribution in [0.5, 0.6) is 0 Å². The molecule has 0 aliphatic carbocycles. The molecule has 3 heteroatoms. The van der Waals surface area contributed by atoms with Gasteiger partial charge in [-0.1, -0.05) is 71.1 Å². The Morgan fingerprint density at radius 2 is 1.35 bits per heavy atom. The SMILES string of the molecule is CCCCCCCCCCC(C)OC(=O)CCCCCCCN. The first-order valence-corrected chi connectivity index (χ1v) is 10.1. The second-order valence-corrected chi connectivity index (χ2v) is 6.87. The van der Waals surface area contributed by atoms with E-state index in [9.17, 15) is 4.79 Å². The zero-order valence-electron chi connectivity index (χ0n) is 15.8. The summed E-state index contributed by atoms with van der Waals surface area (Å²) in [6.07, 6.45) is 17.8. The van der Waals surface area contributed by atoms with E-state index >= 15 is 0 Å². The molecule has 0 aliphatic heterocycles. The summed E-state index contributed by atoms with van der Waals surface area (Å²) >= 11 is 0. The third kappa shape index (κ3) is 17.6. The standard InChI is InChI=1S/C20H41NO2/c1-3-4-5-6-7-8-10-13-16-19(2)23-20(22)17-14-11-9-12-15-18-21/h19H,3-18,21H2,1-2H3. The Labute approximate surface area is 144 Å². The third-order valence-electron chi connectivity index (χ3n) is 4.38. The smallest absolute Gasteiger partial charge is 0.306 e. The fourth-order valence-corrected chi connectivity index (χ4v) is 2.85. The number of hydrogen-bond donors (Lipinski definition) is 1. The van der Waals surface area contributed by atoms with Crippen LogP contribution in [0, 0.1) is 0 Å². The summed E-state index contributed by atoms with van der Waals surface area (Å²) in [4.78, 5) is 11.7. The molecule has 1 unspecified atom stereocenters. The van der Waals surface area contributed by atoms with Gasteiger partial charge < -0.3 is 10.5 Å². The molecule has 0 saturated heterocycles. The topological polar surface area (TPSA) is 52.3 Å². The molecule has 1 atom stereocenters. The van der Waals surface area contributed by atoms with E-state index in [1.165, 1.54) is 64.2 Å². The van der Waals surface area contributed by atoms with Gasteiger partial charge in [-0.15, -0.1) is 0 Å². The molecule has 0 aromatic rings. The molecule has 2 N–H and O–H groups in total. The average molecular weight is 328 g/mol. The molecular weight excluding hydrogens is 286 g/mol. The number of nitrogens with two attached hydrogens (primary N) is 1. The maximum Gasteiger partial charge on any atom is 0.306 e. The van der Waals surface area contributed by atoms with Crippen molar-refractivity contribution in [2.24, 2.45) is 5.73 Å². The van der Waals surface area contributed by atoms with Crippen LogP contribution in [0.25, 0.3) is 0 Å². The van der Waals surface area contributed by atoms with Crippen molar-refractivity contribution in [2.75, 3.05) is 6.54 Å². The molecule has 3 nitrogen and oxygen atoms in total. The first-order chi connectivity index (χ1) is 11.2. The van der Waals surface area contributed by atoms with Crippen LogP contribution in [0.4, 0.5) is 0 Å². The molecule has 23 heavy (non-hydrogen) atoms.